The van der Waals surface area contributed by atoms with Crippen molar-refractivity contribution in [2.45, 2.75) is 33.2 Å². The average Bonchev–Trinajstić information content (AvgIpc) is 2.70. The molecule has 1 atom stereocenters. The molecule has 1 aliphatic rings. The SMILES string of the molecule is Cc1ccc(NC(=O)N2CCCC(C)(C(=O)NCc3ccc(F)cc3)C2)cc1F. The van der Waals surface area contributed by atoms with Gasteiger partial charge in [-0.05, 0) is 62.1 Å². The number of carbonyl (C=O) groups is 2. The average molecular weight is 401 g/mol. The normalized spacial score (nSPS) is 19.0. The molecule has 0 radical (unpaired) electrons. The van der Waals surface area contributed by atoms with E-state index in [0.717, 1.165) is 5.56 Å². The summed E-state index contributed by atoms with van der Waals surface area (Å²) in [6, 6.07) is 10.1. The van der Waals surface area contributed by atoms with Crippen LogP contribution in [0.4, 0.5) is 19.3 Å². The maximum absolute atomic E-state index is 13.7. The lowest BCUT2D eigenvalue weighted by Gasteiger charge is -2.39. The molecule has 5 nitrogen and oxygen atoms in total. The van der Waals surface area contributed by atoms with Crippen LogP contribution < -0.4 is 10.6 Å². The first-order chi connectivity index (χ1) is 13.8. The molecule has 0 spiro atoms. The van der Waals surface area contributed by atoms with Crippen LogP contribution in [0.1, 0.15) is 30.9 Å². The van der Waals surface area contributed by atoms with Gasteiger partial charge in [0, 0.05) is 25.3 Å². The van der Waals surface area contributed by atoms with Crippen molar-refractivity contribution in [3.8, 4) is 0 Å². The van der Waals surface area contributed by atoms with E-state index < -0.39 is 5.41 Å². The van der Waals surface area contributed by atoms with Gasteiger partial charge < -0.3 is 15.5 Å². The first kappa shape index (κ1) is 20.8. The molecular weight excluding hydrogens is 376 g/mol. The highest BCUT2D eigenvalue weighted by Crippen LogP contribution is 2.30. The molecule has 1 fully saturated rings. The number of nitrogens with zero attached hydrogens (tertiary/aromatic N) is 1. The summed E-state index contributed by atoms with van der Waals surface area (Å²) in [6.07, 6.45) is 1.35. The van der Waals surface area contributed by atoms with Crippen molar-refractivity contribution in [3.63, 3.8) is 0 Å². The Bertz CT molecular complexity index is 901. The summed E-state index contributed by atoms with van der Waals surface area (Å²) < 4.78 is 26.7. The third-order valence-corrected chi connectivity index (χ3v) is 5.32. The summed E-state index contributed by atoms with van der Waals surface area (Å²) in [6.45, 7) is 4.58. The smallest absolute Gasteiger partial charge is 0.321 e. The Labute approximate surface area is 169 Å². The van der Waals surface area contributed by atoms with E-state index in [1.165, 1.54) is 18.2 Å². The lowest BCUT2D eigenvalue weighted by Crippen LogP contribution is -2.52. The molecule has 2 N–H and O–H groups in total. The van der Waals surface area contributed by atoms with Crippen molar-refractivity contribution < 1.29 is 18.4 Å². The lowest BCUT2D eigenvalue weighted by molar-refractivity contribution is -0.132. The molecule has 29 heavy (non-hydrogen) atoms. The third-order valence-electron chi connectivity index (χ3n) is 5.32. The molecule has 3 rings (SSSR count). The molecule has 0 bridgehead atoms. The number of piperidine rings is 1. The maximum atomic E-state index is 13.7. The highest BCUT2D eigenvalue weighted by Gasteiger charge is 2.39. The second-order valence-electron chi connectivity index (χ2n) is 7.79. The zero-order valence-corrected chi connectivity index (χ0v) is 16.6. The van der Waals surface area contributed by atoms with Crippen molar-refractivity contribution in [3.05, 3.63) is 65.2 Å². The van der Waals surface area contributed by atoms with Gasteiger partial charge >= 0.3 is 6.03 Å². The molecule has 1 heterocycles. The van der Waals surface area contributed by atoms with E-state index in [-0.39, 0.29) is 30.1 Å². The Morgan fingerprint density at radius 3 is 2.55 bits per heavy atom. The zero-order chi connectivity index (χ0) is 21.0. The topological polar surface area (TPSA) is 61.4 Å². The van der Waals surface area contributed by atoms with E-state index in [1.807, 2.05) is 6.92 Å². The Morgan fingerprint density at radius 1 is 1.14 bits per heavy atom. The summed E-state index contributed by atoms with van der Waals surface area (Å²) in [7, 11) is 0. The van der Waals surface area contributed by atoms with Crippen LogP contribution in [0, 0.1) is 24.0 Å². The Kier molecular flexibility index (Phi) is 6.15. The van der Waals surface area contributed by atoms with Crippen LogP contribution in [0.2, 0.25) is 0 Å². The molecule has 3 amide bonds. The highest BCUT2D eigenvalue weighted by molar-refractivity contribution is 5.90. The van der Waals surface area contributed by atoms with E-state index in [0.29, 0.717) is 37.2 Å². The van der Waals surface area contributed by atoms with Crippen molar-refractivity contribution in [1.29, 1.82) is 0 Å². The van der Waals surface area contributed by atoms with Crippen LogP contribution >= 0.6 is 0 Å². The van der Waals surface area contributed by atoms with Crippen LogP contribution in [-0.4, -0.2) is 29.9 Å². The van der Waals surface area contributed by atoms with E-state index in [1.54, 1.807) is 36.1 Å². The van der Waals surface area contributed by atoms with Gasteiger partial charge in [0.2, 0.25) is 5.91 Å². The minimum Gasteiger partial charge on any atom is -0.351 e. The summed E-state index contributed by atoms with van der Waals surface area (Å²) >= 11 is 0. The highest BCUT2D eigenvalue weighted by atomic mass is 19.1. The summed E-state index contributed by atoms with van der Waals surface area (Å²) in [4.78, 5) is 27.0. The molecule has 7 heteroatoms. The molecule has 0 saturated carbocycles. The second kappa shape index (κ2) is 8.59. The Balaban J connectivity index is 1.60. The number of hydrogen-bond donors (Lipinski definition) is 2. The minimum absolute atomic E-state index is 0.152. The second-order valence-corrected chi connectivity index (χ2v) is 7.79. The van der Waals surface area contributed by atoms with Gasteiger partial charge in [-0.1, -0.05) is 18.2 Å². The van der Waals surface area contributed by atoms with Gasteiger partial charge in [-0.3, -0.25) is 4.79 Å². The fourth-order valence-electron chi connectivity index (χ4n) is 3.47. The largest absolute Gasteiger partial charge is 0.351 e. The summed E-state index contributed by atoms with van der Waals surface area (Å²) in [5.41, 5.74) is 0.960. The third kappa shape index (κ3) is 5.10. The Hall–Kier alpha value is -2.96. The van der Waals surface area contributed by atoms with Crippen molar-refractivity contribution >= 4 is 17.6 Å². The predicted octanol–water partition coefficient (Wildman–Crippen LogP) is 4.22. The van der Waals surface area contributed by atoms with E-state index in [9.17, 15) is 18.4 Å². The van der Waals surface area contributed by atoms with Gasteiger partial charge in [0.25, 0.3) is 0 Å². The maximum Gasteiger partial charge on any atom is 0.321 e. The number of halogens is 2. The number of nitrogens with one attached hydrogen (secondary N) is 2. The summed E-state index contributed by atoms with van der Waals surface area (Å²) in [5, 5.41) is 5.58. The van der Waals surface area contributed by atoms with Crippen molar-refractivity contribution in [2.75, 3.05) is 18.4 Å². The standard InChI is InChI=1S/C22H25F2N3O2/c1-15-4-9-18(12-19(15)24)26-21(29)27-11-3-10-22(2,14-27)20(28)25-13-16-5-7-17(23)8-6-16/h4-9,12H,3,10-11,13-14H2,1-2H3,(H,25,28)(H,26,29). The number of anilines is 1. The lowest BCUT2D eigenvalue weighted by atomic mass is 9.81. The van der Waals surface area contributed by atoms with Crippen LogP contribution in [0.15, 0.2) is 42.5 Å². The van der Waals surface area contributed by atoms with Gasteiger partial charge in [0.05, 0.1) is 5.41 Å². The van der Waals surface area contributed by atoms with Gasteiger partial charge in [-0.25, -0.2) is 13.6 Å². The number of amides is 3. The van der Waals surface area contributed by atoms with Crippen LogP contribution in [-0.2, 0) is 11.3 Å². The van der Waals surface area contributed by atoms with E-state index in [4.69, 9.17) is 0 Å². The predicted molar refractivity (Wildman–Crippen MR) is 107 cm³/mol. The number of rotatable bonds is 4. The quantitative estimate of drug-likeness (QED) is 0.806. The first-order valence-electron chi connectivity index (χ1n) is 9.62. The van der Waals surface area contributed by atoms with Crippen LogP contribution in [0.3, 0.4) is 0 Å². The molecule has 1 saturated heterocycles. The van der Waals surface area contributed by atoms with Crippen LogP contribution in [0.25, 0.3) is 0 Å². The van der Waals surface area contributed by atoms with Gasteiger partial charge in [0.1, 0.15) is 11.6 Å². The number of aryl methyl sites for hydroxylation is 1. The molecule has 2 aromatic carbocycles. The van der Waals surface area contributed by atoms with Crippen molar-refractivity contribution in [2.24, 2.45) is 5.41 Å². The molecule has 1 aliphatic heterocycles. The fourth-order valence-corrected chi connectivity index (χ4v) is 3.47. The minimum atomic E-state index is -0.728. The molecule has 1 unspecified atom stereocenters. The number of likely N-dealkylation sites (tertiary alicyclic amines) is 1. The molecular formula is C22H25F2N3O2. The summed E-state index contributed by atoms with van der Waals surface area (Å²) in [5.74, 6) is -0.860. The van der Waals surface area contributed by atoms with Crippen molar-refractivity contribution in [1.82, 2.24) is 10.2 Å². The Morgan fingerprint density at radius 2 is 1.86 bits per heavy atom. The zero-order valence-electron chi connectivity index (χ0n) is 16.6. The van der Waals surface area contributed by atoms with Gasteiger partial charge in [-0.2, -0.15) is 0 Å². The first-order valence-corrected chi connectivity index (χ1v) is 9.62. The molecule has 2 aromatic rings. The number of urea groups is 1. The monoisotopic (exact) mass is 401 g/mol. The van der Waals surface area contributed by atoms with Gasteiger partial charge in [-0.15, -0.1) is 0 Å². The number of benzene rings is 2. The fraction of sp³-hybridized carbons (Fsp3) is 0.364. The number of hydrogen-bond acceptors (Lipinski definition) is 2. The van der Waals surface area contributed by atoms with E-state index >= 15 is 0 Å². The molecule has 0 aromatic heterocycles. The number of carbonyl (C=O) groups excluding carboxylic acids is 2. The van der Waals surface area contributed by atoms with Crippen LogP contribution in [0.5, 0.6) is 0 Å². The van der Waals surface area contributed by atoms with Gasteiger partial charge in [0.15, 0.2) is 0 Å². The molecule has 154 valence electrons. The van der Waals surface area contributed by atoms with E-state index in [2.05, 4.69) is 10.6 Å². The molecule has 0 aliphatic carbocycles.